The molecule has 1 N–H and O–H groups in total. The highest BCUT2D eigenvalue weighted by molar-refractivity contribution is 6.31. The number of nitroso groups, excluding NO2 is 1. The third kappa shape index (κ3) is 3.11. The van der Waals surface area contributed by atoms with Crippen molar-refractivity contribution in [2.75, 3.05) is 13.2 Å². The van der Waals surface area contributed by atoms with Gasteiger partial charge in [-0.25, -0.2) is 9.38 Å². The summed E-state index contributed by atoms with van der Waals surface area (Å²) in [4.78, 5) is 14.6. The zero-order valence-corrected chi connectivity index (χ0v) is 13.1. The molecule has 0 amide bonds. The second kappa shape index (κ2) is 6.76. The first kappa shape index (κ1) is 16.1. The Hall–Kier alpha value is -2.80. The molecule has 6 nitrogen and oxygen atoms in total. The van der Waals surface area contributed by atoms with E-state index in [1.165, 1.54) is 12.1 Å². The number of aliphatic imine (C=N–C) groups is 1. The van der Waals surface area contributed by atoms with E-state index in [1.54, 1.807) is 30.3 Å². The number of amidine groups is 1. The van der Waals surface area contributed by atoms with Crippen molar-refractivity contribution in [2.24, 2.45) is 10.2 Å². The molecule has 0 spiro atoms. The Morgan fingerprint density at radius 1 is 1.29 bits per heavy atom. The van der Waals surface area contributed by atoms with E-state index < -0.39 is 5.82 Å². The van der Waals surface area contributed by atoms with Crippen molar-refractivity contribution in [3.8, 4) is 0 Å². The number of hydroxylamine groups is 1. The van der Waals surface area contributed by atoms with E-state index in [-0.39, 0.29) is 30.3 Å². The number of nitrogens with zero attached hydrogens (tertiary/aromatic N) is 3. The van der Waals surface area contributed by atoms with Gasteiger partial charge < -0.3 is 10.5 Å². The summed E-state index contributed by atoms with van der Waals surface area (Å²) in [7, 11) is 0. The van der Waals surface area contributed by atoms with Crippen LogP contribution >= 0.6 is 11.6 Å². The molecule has 0 aliphatic carbocycles. The first-order valence-electron chi connectivity index (χ1n) is 7.07. The van der Waals surface area contributed by atoms with E-state index >= 15 is 0 Å². The third-order valence-corrected chi connectivity index (χ3v) is 3.72. The van der Waals surface area contributed by atoms with Gasteiger partial charge in [-0.1, -0.05) is 23.7 Å². The molecule has 0 unspecified atom stereocenters. The minimum absolute atomic E-state index is 0.130. The van der Waals surface area contributed by atoms with Gasteiger partial charge >= 0.3 is 0 Å². The fourth-order valence-corrected chi connectivity index (χ4v) is 2.65. The van der Waals surface area contributed by atoms with E-state index in [9.17, 15) is 14.5 Å². The summed E-state index contributed by atoms with van der Waals surface area (Å²) in [5, 5.41) is 18.4. The Labute approximate surface area is 141 Å². The van der Waals surface area contributed by atoms with Crippen molar-refractivity contribution in [1.82, 2.24) is 5.32 Å². The predicted octanol–water partition coefficient (Wildman–Crippen LogP) is 3.18. The van der Waals surface area contributed by atoms with Crippen LogP contribution in [0.1, 0.15) is 11.1 Å². The molecule has 0 fully saturated rings. The maximum absolute atomic E-state index is 14.2. The lowest BCUT2D eigenvalue weighted by Crippen LogP contribution is -2.32. The summed E-state index contributed by atoms with van der Waals surface area (Å²) in [6.07, 6.45) is 0. The van der Waals surface area contributed by atoms with E-state index in [1.807, 2.05) is 0 Å². The zero-order valence-electron chi connectivity index (χ0n) is 12.4. The molecular formula is C16H12ClFN4O2. The van der Waals surface area contributed by atoms with Crippen LogP contribution in [0.15, 0.2) is 52.6 Å². The van der Waals surface area contributed by atoms with Crippen LogP contribution in [-0.2, 0) is 0 Å². The van der Waals surface area contributed by atoms with Crippen LogP contribution in [0.3, 0.4) is 0 Å². The first-order valence-corrected chi connectivity index (χ1v) is 7.45. The smallest absolute Gasteiger partial charge is 0.231 e. The standard InChI is InChI=1S/C16H12ClFN4O2/c17-10-5-6-14-12(7-10)16(11-3-1-2-4-13(11)18)22(24)8-15(21-14)19-9-20-23/h1-7H,8-9H2,(H,19,21). The summed E-state index contributed by atoms with van der Waals surface area (Å²) in [5.74, 6) is -0.259. The number of halogens is 2. The van der Waals surface area contributed by atoms with Crippen LogP contribution in [-0.4, -0.2) is 29.5 Å². The third-order valence-electron chi connectivity index (χ3n) is 3.49. The highest BCUT2D eigenvalue weighted by Gasteiger charge is 2.26. The van der Waals surface area contributed by atoms with E-state index in [0.29, 0.717) is 21.0 Å². The molecule has 0 radical (unpaired) electrons. The fraction of sp³-hybridized carbons (Fsp3) is 0.125. The van der Waals surface area contributed by atoms with Crippen LogP contribution in [0.5, 0.6) is 0 Å². The van der Waals surface area contributed by atoms with Crippen LogP contribution < -0.4 is 5.32 Å². The van der Waals surface area contributed by atoms with Gasteiger partial charge in [0.25, 0.3) is 0 Å². The van der Waals surface area contributed by atoms with Gasteiger partial charge in [0, 0.05) is 5.02 Å². The van der Waals surface area contributed by atoms with Crippen molar-refractivity contribution in [2.45, 2.75) is 0 Å². The number of benzene rings is 2. The molecule has 2 aromatic carbocycles. The Morgan fingerprint density at radius 2 is 2.08 bits per heavy atom. The maximum Gasteiger partial charge on any atom is 0.231 e. The molecule has 0 atom stereocenters. The minimum Gasteiger partial charge on any atom is -0.623 e. The van der Waals surface area contributed by atoms with Gasteiger partial charge in [-0.3, -0.25) is 0 Å². The molecule has 122 valence electrons. The van der Waals surface area contributed by atoms with E-state index in [2.05, 4.69) is 15.5 Å². The van der Waals surface area contributed by atoms with Crippen molar-refractivity contribution >= 4 is 28.8 Å². The van der Waals surface area contributed by atoms with Gasteiger partial charge in [0.05, 0.1) is 16.8 Å². The average Bonchev–Trinajstić information content (AvgIpc) is 2.69. The predicted molar refractivity (Wildman–Crippen MR) is 90.5 cm³/mol. The molecule has 1 aliphatic heterocycles. The molecule has 8 heteroatoms. The molecule has 0 aromatic heterocycles. The molecular weight excluding hydrogens is 335 g/mol. The first-order chi connectivity index (χ1) is 11.6. The summed E-state index contributed by atoms with van der Waals surface area (Å²) in [5.41, 5.74) is 1.15. The minimum atomic E-state index is -0.523. The highest BCUT2D eigenvalue weighted by atomic mass is 35.5. The van der Waals surface area contributed by atoms with E-state index in [0.717, 1.165) is 0 Å². The monoisotopic (exact) mass is 346 g/mol. The summed E-state index contributed by atoms with van der Waals surface area (Å²) in [6, 6.07) is 10.8. The fourth-order valence-electron chi connectivity index (χ4n) is 2.48. The zero-order chi connectivity index (χ0) is 17.1. The van der Waals surface area contributed by atoms with Gasteiger partial charge in [-0.2, -0.15) is 4.74 Å². The Morgan fingerprint density at radius 3 is 2.83 bits per heavy atom. The maximum atomic E-state index is 14.2. The Bertz CT molecular complexity index is 867. The van der Waals surface area contributed by atoms with Gasteiger partial charge in [-0.05, 0) is 35.5 Å². The summed E-state index contributed by atoms with van der Waals surface area (Å²) in [6.45, 7) is -0.393. The second-order valence-electron chi connectivity index (χ2n) is 5.05. The Balaban J connectivity index is 2.21. The SMILES string of the molecule is O=NCNC1=Nc2ccc(Cl)cc2C(c2ccccc2F)=[N+]([O-])C1. The van der Waals surface area contributed by atoms with E-state index in [4.69, 9.17) is 11.6 Å². The van der Waals surface area contributed by atoms with Crippen molar-refractivity contribution in [3.63, 3.8) is 0 Å². The van der Waals surface area contributed by atoms with Gasteiger partial charge in [-0.15, -0.1) is 4.91 Å². The second-order valence-corrected chi connectivity index (χ2v) is 5.49. The summed E-state index contributed by atoms with van der Waals surface area (Å²) >= 11 is 6.04. The number of hydrogen-bond acceptors (Lipinski definition) is 5. The van der Waals surface area contributed by atoms with Gasteiger partial charge in [0.15, 0.2) is 12.5 Å². The number of rotatable bonds is 3. The molecule has 0 bridgehead atoms. The highest BCUT2D eigenvalue weighted by Crippen LogP contribution is 2.28. The van der Waals surface area contributed by atoms with Crippen molar-refractivity contribution < 1.29 is 9.13 Å². The largest absolute Gasteiger partial charge is 0.623 e. The number of fused-ring (bicyclic) bond motifs is 1. The Kier molecular flexibility index (Phi) is 4.52. The van der Waals surface area contributed by atoms with Crippen molar-refractivity contribution in [1.29, 1.82) is 0 Å². The van der Waals surface area contributed by atoms with Crippen LogP contribution in [0.25, 0.3) is 0 Å². The molecule has 0 saturated heterocycles. The molecule has 3 rings (SSSR count). The number of hydrogen-bond donors (Lipinski definition) is 1. The molecule has 0 saturated carbocycles. The van der Waals surface area contributed by atoms with Crippen LogP contribution in [0.2, 0.25) is 5.02 Å². The summed E-state index contributed by atoms with van der Waals surface area (Å²) < 4.78 is 14.9. The lowest BCUT2D eigenvalue weighted by Gasteiger charge is -2.11. The molecule has 1 aliphatic rings. The molecule has 24 heavy (non-hydrogen) atoms. The number of nitrogens with one attached hydrogen (secondary N) is 1. The average molecular weight is 347 g/mol. The lowest BCUT2D eigenvalue weighted by atomic mass is 10.00. The normalized spacial score (nSPS) is 13.8. The van der Waals surface area contributed by atoms with Crippen molar-refractivity contribution in [3.05, 3.63) is 74.5 Å². The quantitative estimate of drug-likeness (QED) is 0.526. The lowest BCUT2D eigenvalue weighted by molar-refractivity contribution is -0.439. The molecule has 2 aromatic rings. The van der Waals surface area contributed by atoms with Gasteiger partial charge in [0.1, 0.15) is 5.82 Å². The van der Waals surface area contributed by atoms with Gasteiger partial charge in [0.2, 0.25) is 12.3 Å². The van der Waals surface area contributed by atoms with Crippen LogP contribution in [0.4, 0.5) is 10.1 Å². The topological polar surface area (TPSA) is 79.9 Å². The van der Waals surface area contributed by atoms with Crippen LogP contribution in [0, 0.1) is 15.9 Å². The molecule has 1 heterocycles.